The number of carbonyl (C=O) groups is 1. The lowest BCUT2D eigenvalue weighted by Gasteiger charge is -2.17. The van der Waals surface area contributed by atoms with Gasteiger partial charge in [-0.2, -0.15) is 4.57 Å². The van der Waals surface area contributed by atoms with E-state index >= 15 is 0 Å². The van der Waals surface area contributed by atoms with Gasteiger partial charge in [0.2, 0.25) is 12.3 Å². The van der Waals surface area contributed by atoms with Gasteiger partial charge in [-0.25, -0.2) is 0 Å². The summed E-state index contributed by atoms with van der Waals surface area (Å²) in [6.45, 7) is 9.17. The summed E-state index contributed by atoms with van der Waals surface area (Å²) in [6, 6.07) is 8.15. The molecule has 0 fully saturated rings. The number of methoxy groups -OCH3 is 1. The summed E-state index contributed by atoms with van der Waals surface area (Å²) in [6.07, 6.45) is 1.94. The van der Waals surface area contributed by atoms with Crippen LogP contribution in [0.2, 0.25) is 0 Å². The summed E-state index contributed by atoms with van der Waals surface area (Å²) in [7, 11) is 1.70. The average Bonchev–Trinajstić information content (AvgIpc) is 2.77. The maximum atomic E-state index is 12.7. The summed E-state index contributed by atoms with van der Waals surface area (Å²) in [5, 5.41) is 0. The first-order valence-corrected chi connectivity index (χ1v) is 7.61. The van der Waals surface area contributed by atoms with Crippen molar-refractivity contribution in [1.29, 1.82) is 0 Å². The van der Waals surface area contributed by atoms with Crippen molar-refractivity contribution < 1.29 is 14.1 Å². The van der Waals surface area contributed by atoms with Crippen LogP contribution in [0.15, 0.2) is 30.5 Å². The number of nitrogens with zero attached hydrogens (tertiary/aromatic N) is 2. The van der Waals surface area contributed by atoms with Crippen LogP contribution in [0.4, 0.5) is 0 Å². The predicted octanol–water partition coefficient (Wildman–Crippen LogP) is 2.79. The number of pyridine rings is 1. The van der Waals surface area contributed by atoms with Gasteiger partial charge in [0, 0.05) is 43.1 Å². The van der Waals surface area contributed by atoms with Gasteiger partial charge in [0.1, 0.15) is 0 Å². The number of rotatable bonds is 6. The predicted molar refractivity (Wildman–Crippen MR) is 86.2 cm³/mol. The van der Waals surface area contributed by atoms with Crippen molar-refractivity contribution in [2.75, 3.05) is 13.7 Å². The second-order valence-corrected chi connectivity index (χ2v) is 5.85. The number of aromatic nitrogens is 2. The molecule has 2 rings (SSSR count). The summed E-state index contributed by atoms with van der Waals surface area (Å²) < 4.78 is 9.40. The Hall–Kier alpha value is -1.94. The van der Waals surface area contributed by atoms with Crippen LogP contribution >= 0.6 is 0 Å². The Morgan fingerprint density at radius 2 is 2.05 bits per heavy atom. The van der Waals surface area contributed by atoms with Gasteiger partial charge < -0.3 is 9.30 Å². The molecular formula is C18H25N2O2+. The van der Waals surface area contributed by atoms with Crippen molar-refractivity contribution in [1.82, 2.24) is 4.57 Å². The maximum Gasteiger partial charge on any atom is 0.229 e. The van der Waals surface area contributed by atoms with E-state index in [0.717, 1.165) is 22.6 Å². The second-order valence-electron chi connectivity index (χ2n) is 5.85. The Labute approximate surface area is 132 Å². The molecule has 0 unspecified atom stereocenters. The Kier molecular flexibility index (Phi) is 5.14. The van der Waals surface area contributed by atoms with Crippen LogP contribution in [0.5, 0.6) is 0 Å². The maximum absolute atomic E-state index is 12.7. The van der Waals surface area contributed by atoms with E-state index in [9.17, 15) is 4.79 Å². The van der Waals surface area contributed by atoms with Crippen LogP contribution in [-0.4, -0.2) is 24.1 Å². The van der Waals surface area contributed by atoms with Crippen LogP contribution in [0, 0.1) is 20.8 Å². The molecular weight excluding hydrogens is 276 g/mol. The molecule has 0 saturated heterocycles. The van der Waals surface area contributed by atoms with Crippen LogP contribution < -0.4 is 4.57 Å². The van der Waals surface area contributed by atoms with E-state index in [1.165, 1.54) is 0 Å². The van der Waals surface area contributed by atoms with Crippen molar-refractivity contribution in [3.63, 3.8) is 0 Å². The van der Waals surface area contributed by atoms with Crippen molar-refractivity contribution in [2.45, 2.75) is 40.3 Å². The number of carbonyl (C=O) groups excluding carboxylic acids is 1. The topological polar surface area (TPSA) is 35.1 Å². The highest BCUT2D eigenvalue weighted by Gasteiger charge is 2.21. The zero-order chi connectivity index (χ0) is 16.3. The highest BCUT2D eigenvalue weighted by atomic mass is 16.5. The molecule has 0 aromatic carbocycles. The van der Waals surface area contributed by atoms with Crippen LogP contribution in [-0.2, 0) is 11.3 Å². The molecule has 0 radical (unpaired) electrons. The first kappa shape index (κ1) is 16.4. The monoisotopic (exact) mass is 301 g/mol. The lowest BCUT2D eigenvalue weighted by atomic mass is 10.1. The fourth-order valence-corrected chi connectivity index (χ4v) is 3.03. The van der Waals surface area contributed by atoms with Crippen molar-refractivity contribution >= 4 is 5.78 Å². The molecule has 4 heteroatoms. The minimum atomic E-state index is 0.142. The van der Waals surface area contributed by atoms with Crippen LogP contribution in [0.25, 0.3) is 0 Å². The number of Topliss-reactive ketones (excluding diaryl/α,β-unsaturated/α-hetero) is 1. The van der Waals surface area contributed by atoms with Crippen molar-refractivity contribution in [3.8, 4) is 0 Å². The molecule has 2 aromatic heterocycles. The Morgan fingerprint density at radius 3 is 2.68 bits per heavy atom. The Morgan fingerprint density at radius 1 is 1.32 bits per heavy atom. The first-order valence-electron chi connectivity index (χ1n) is 7.61. The van der Waals surface area contributed by atoms with Gasteiger partial charge in [-0.3, -0.25) is 4.79 Å². The summed E-state index contributed by atoms with van der Waals surface area (Å²) in [5.74, 6) is 0.142. The Balaban J connectivity index is 2.28. The summed E-state index contributed by atoms with van der Waals surface area (Å²) in [5.41, 5.74) is 4.00. The minimum Gasteiger partial charge on any atom is -0.383 e. The number of ether oxygens (including phenoxy) is 1. The van der Waals surface area contributed by atoms with E-state index in [1.807, 2.05) is 55.8 Å². The molecule has 0 aliphatic carbocycles. The molecule has 4 nitrogen and oxygen atoms in total. The van der Waals surface area contributed by atoms with E-state index in [2.05, 4.69) is 11.5 Å². The quantitative estimate of drug-likeness (QED) is 0.607. The zero-order valence-electron chi connectivity index (χ0n) is 14.1. The normalized spacial score (nSPS) is 12.4. The van der Waals surface area contributed by atoms with E-state index in [-0.39, 0.29) is 11.8 Å². The summed E-state index contributed by atoms with van der Waals surface area (Å²) in [4.78, 5) is 12.7. The third-order valence-electron chi connectivity index (χ3n) is 4.11. The van der Waals surface area contributed by atoms with Crippen molar-refractivity contribution in [2.24, 2.45) is 0 Å². The second kappa shape index (κ2) is 6.88. The number of hydrogen-bond acceptors (Lipinski definition) is 2. The highest BCUT2D eigenvalue weighted by Crippen LogP contribution is 2.21. The molecule has 2 heterocycles. The molecule has 0 aliphatic heterocycles. The third kappa shape index (κ3) is 3.28. The first-order chi connectivity index (χ1) is 10.5. The highest BCUT2D eigenvalue weighted by molar-refractivity contribution is 5.96. The lowest BCUT2D eigenvalue weighted by molar-refractivity contribution is -0.689. The van der Waals surface area contributed by atoms with E-state index in [4.69, 9.17) is 4.74 Å². The van der Waals surface area contributed by atoms with Crippen molar-refractivity contribution in [3.05, 3.63) is 53.1 Å². The van der Waals surface area contributed by atoms with E-state index in [0.29, 0.717) is 13.2 Å². The van der Waals surface area contributed by atoms with E-state index < -0.39 is 0 Å². The van der Waals surface area contributed by atoms with Crippen LogP contribution in [0.3, 0.4) is 0 Å². The van der Waals surface area contributed by atoms with Gasteiger partial charge in [0.05, 0.1) is 12.6 Å². The molecule has 118 valence electrons. The Bertz CT molecular complexity index is 674. The molecule has 1 atom stereocenters. The minimum absolute atomic E-state index is 0.142. The van der Waals surface area contributed by atoms with Gasteiger partial charge in [-0.05, 0) is 26.8 Å². The van der Waals surface area contributed by atoms with Gasteiger partial charge in [0.25, 0.3) is 0 Å². The number of hydrogen-bond donors (Lipinski definition) is 0. The third-order valence-corrected chi connectivity index (χ3v) is 4.11. The molecule has 0 spiro atoms. The smallest absolute Gasteiger partial charge is 0.229 e. The SMILES string of the molecule is COC[C@H](C)n1c(C)cc(C(=O)C[n+]2ccccc2C)c1C. The van der Waals surface area contributed by atoms with Gasteiger partial charge in [-0.1, -0.05) is 6.07 Å². The number of ketones is 1. The average molecular weight is 301 g/mol. The summed E-state index contributed by atoms with van der Waals surface area (Å²) >= 11 is 0. The molecule has 0 N–H and O–H groups in total. The van der Waals surface area contributed by atoms with Crippen LogP contribution in [0.1, 0.15) is 40.4 Å². The molecule has 0 aliphatic rings. The lowest BCUT2D eigenvalue weighted by Crippen LogP contribution is -2.40. The molecule has 0 saturated carbocycles. The molecule has 0 amide bonds. The largest absolute Gasteiger partial charge is 0.383 e. The van der Waals surface area contributed by atoms with Gasteiger partial charge in [-0.15, -0.1) is 0 Å². The molecule has 22 heavy (non-hydrogen) atoms. The standard InChI is InChI=1S/C18H25N2O2/c1-13-8-6-7-9-19(13)11-18(21)17-10-14(2)20(16(17)4)15(3)12-22-5/h6-10,15H,11-12H2,1-5H3/q+1/t15-/m0/s1. The zero-order valence-corrected chi connectivity index (χ0v) is 14.1. The fourth-order valence-electron chi connectivity index (χ4n) is 3.03. The molecule has 2 aromatic rings. The number of aryl methyl sites for hydroxylation is 2. The van der Waals surface area contributed by atoms with Gasteiger partial charge in [0.15, 0.2) is 11.9 Å². The molecule has 0 bridgehead atoms. The van der Waals surface area contributed by atoms with E-state index in [1.54, 1.807) is 7.11 Å². The fraction of sp³-hybridized carbons (Fsp3) is 0.444. The van der Waals surface area contributed by atoms with Gasteiger partial charge >= 0.3 is 0 Å².